The van der Waals surface area contributed by atoms with Gasteiger partial charge in [-0.15, -0.1) is 11.3 Å². The minimum absolute atomic E-state index is 0.0846. The summed E-state index contributed by atoms with van der Waals surface area (Å²) >= 11 is 1.58. The molecule has 86 valence electrons. The third kappa shape index (κ3) is 1.82. The van der Waals surface area contributed by atoms with Crippen molar-refractivity contribution in [3.63, 3.8) is 0 Å². The van der Waals surface area contributed by atoms with E-state index >= 15 is 0 Å². The highest BCUT2D eigenvalue weighted by molar-refractivity contribution is 7.10. The van der Waals surface area contributed by atoms with E-state index in [4.69, 9.17) is 0 Å². The molecule has 1 aliphatic rings. The van der Waals surface area contributed by atoms with Crippen LogP contribution in [0.3, 0.4) is 0 Å². The fourth-order valence-electron chi connectivity index (χ4n) is 1.93. The monoisotopic (exact) mass is 239 g/mol. The van der Waals surface area contributed by atoms with E-state index in [0.29, 0.717) is 6.54 Å². The average molecular weight is 239 g/mol. The van der Waals surface area contributed by atoms with Crippen LogP contribution in [-0.2, 0) is 14.3 Å². The lowest BCUT2D eigenvalue weighted by Gasteiger charge is -2.12. The molecule has 1 N–H and O–H groups in total. The third-order valence-electron chi connectivity index (χ3n) is 2.75. The van der Waals surface area contributed by atoms with Crippen molar-refractivity contribution in [1.82, 2.24) is 5.32 Å². The zero-order chi connectivity index (χ0) is 11.7. The Hall–Kier alpha value is -1.36. The first-order valence-electron chi connectivity index (χ1n) is 5.04. The van der Waals surface area contributed by atoms with Gasteiger partial charge in [0.25, 0.3) is 0 Å². The lowest BCUT2D eigenvalue weighted by molar-refractivity contribution is -0.149. The minimum Gasteiger partial charge on any atom is -0.468 e. The summed E-state index contributed by atoms with van der Waals surface area (Å²) in [6.07, 6.45) is 0. The number of methoxy groups -OCH3 is 1. The van der Waals surface area contributed by atoms with Gasteiger partial charge in [0, 0.05) is 17.3 Å². The predicted octanol–water partition coefficient (Wildman–Crippen LogP) is 1.06. The van der Waals surface area contributed by atoms with Gasteiger partial charge in [0.1, 0.15) is 5.92 Å². The van der Waals surface area contributed by atoms with Gasteiger partial charge in [0.2, 0.25) is 5.91 Å². The Morgan fingerprint density at radius 1 is 1.62 bits per heavy atom. The molecule has 1 aromatic heterocycles. The average Bonchev–Trinajstić information content (AvgIpc) is 2.83. The third-order valence-corrected chi connectivity index (χ3v) is 3.93. The summed E-state index contributed by atoms with van der Waals surface area (Å²) in [5.41, 5.74) is 1.16. The summed E-state index contributed by atoms with van der Waals surface area (Å²) < 4.78 is 4.67. The molecule has 2 atom stereocenters. The van der Waals surface area contributed by atoms with Gasteiger partial charge < -0.3 is 10.1 Å². The van der Waals surface area contributed by atoms with Gasteiger partial charge in [-0.25, -0.2) is 0 Å². The van der Waals surface area contributed by atoms with E-state index in [1.807, 2.05) is 18.4 Å². The van der Waals surface area contributed by atoms with Crippen molar-refractivity contribution >= 4 is 23.2 Å². The number of rotatable bonds is 2. The van der Waals surface area contributed by atoms with Gasteiger partial charge >= 0.3 is 5.97 Å². The number of carbonyl (C=O) groups excluding carboxylic acids is 2. The molecule has 1 amide bonds. The van der Waals surface area contributed by atoms with Crippen molar-refractivity contribution in [2.75, 3.05) is 13.7 Å². The van der Waals surface area contributed by atoms with E-state index in [-0.39, 0.29) is 11.8 Å². The van der Waals surface area contributed by atoms with E-state index in [1.54, 1.807) is 11.3 Å². The number of amides is 1. The number of nitrogens with one attached hydrogen (secondary N) is 1. The van der Waals surface area contributed by atoms with Crippen LogP contribution < -0.4 is 5.32 Å². The van der Waals surface area contributed by atoms with Crippen molar-refractivity contribution < 1.29 is 14.3 Å². The van der Waals surface area contributed by atoms with Crippen LogP contribution in [0.4, 0.5) is 0 Å². The Morgan fingerprint density at radius 3 is 2.94 bits per heavy atom. The van der Waals surface area contributed by atoms with Gasteiger partial charge in [-0.2, -0.15) is 0 Å². The summed E-state index contributed by atoms with van der Waals surface area (Å²) in [5, 5.41) is 4.73. The fraction of sp³-hybridized carbons (Fsp3) is 0.455. The number of carbonyl (C=O) groups is 2. The van der Waals surface area contributed by atoms with Crippen LogP contribution in [0.15, 0.2) is 11.4 Å². The Morgan fingerprint density at radius 2 is 2.38 bits per heavy atom. The normalized spacial score (nSPS) is 24.2. The molecule has 1 saturated heterocycles. The van der Waals surface area contributed by atoms with Crippen molar-refractivity contribution in [3.05, 3.63) is 21.9 Å². The largest absolute Gasteiger partial charge is 0.468 e. The molecule has 0 saturated carbocycles. The van der Waals surface area contributed by atoms with Gasteiger partial charge in [-0.1, -0.05) is 0 Å². The summed E-state index contributed by atoms with van der Waals surface area (Å²) in [7, 11) is 1.31. The van der Waals surface area contributed by atoms with Crippen LogP contribution in [0, 0.1) is 12.8 Å². The summed E-state index contributed by atoms with van der Waals surface area (Å²) in [5.74, 6) is -1.46. The van der Waals surface area contributed by atoms with Crippen LogP contribution in [0.25, 0.3) is 0 Å². The fourth-order valence-corrected chi connectivity index (χ4v) is 2.97. The van der Waals surface area contributed by atoms with Gasteiger partial charge in [0.05, 0.1) is 7.11 Å². The van der Waals surface area contributed by atoms with Gasteiger partial charge in [-0.05, 0) is 23.9 Å². The van der Waals surface area contributed by atoms with Crippen LogP contribution in [-0.4, -0.2) is 25.5 Å². The first-order chi connectivity index (χ1) is 7.63. The van der Waals surface area contributed by atoms with Crippen molar-refractivity contribution in [2.24, 2.45) is 5.92 Å². The minimum atomic E-state index is -0.692. The molecule has 2 rings (SSSR count). The molecule has 16 heavy (non-hydrogen) atoms. The predicted molar refractivity (Wildman–Crippen MR) is 60.3 cm³/mol. The maximum atomic E-state index is 11.6. The maximum absolute atomic E-state index is 11.6. The molecule has 4 nitrogen and oxygen atoms in total. The Kier molecular flexibility index (Phi) is 2.96. The van der Waals surface area contributed by atoms with Crippen molar-refractivity contribution in [2.45, 2.75) is 12.8 Å². The van der Waals surface area contributed by atoms with E-state index in [0.717, 1.165) is 10.4 Å². The summed E-state index contributed by atoms with van der Waals surface area (Å²) in [6, 6.07) is 2.02. The second-order valence-corrected chi connectivity index (χ2v) is 4.82. The van der Waals surface area contributed by atoms with E-state index < -0.39 is 11.9 Å². The summed E-state index contributed by atoms with van der Waals surface area (Å²) in [4.78, 5) is 24.2. The van der Waals surface area contributed by atoms with E-state index in [9.17, 15) is 9.59 Å². The van der Waals surface area contributed by atoms with Crippen LogP contribution in [0.5, 0.6) is 0 Å². The number of aryl methyl sites for hydroxylation is 1. The Labute approximate surface area is 97.6 Å². The van der Waals surface area contributed by atoms with Crippen LogP contribution >= 0.6 is 11.3 Å². The molecule has 0 aliphatic carbocycles. The summed E-state index contributed by atoms with van der Waals surface area (Å²) in [6.45, 7) is 2.51. The number of esters is 1. The molecule has 0 unspecified atom stereocenters. The lowest BCUT2D eigenvalue weighted by atomic mass is 9.94. The Balaban J connectivity index is 2.27. The molecule has 0 spiro atoms. The highest BCUT2D eigenvalue weighted by Crippen LogP contribution is 2.33. The SMILES string of the molecule is COC(=O)[C@@H]1C(=O)NC[C@@H]1c1cc(C)cs1. The molecule has 1 fully saturated rings. The lowest BCUT2D eigenvalue weighted by Crippen LogP contribution is -2.27. The highest BCUT2D eigenvalue weighted by atomic mass is 32.1. The molecule has 0 radical (unpaired) electrons. The first-order valence-corrected chi connectivity index (χ1v) is 5.92. The second-order valence-electron chi connectivity index (χ2n) is 3.88. The standard InChI is InChI=1S/C11H13NO3S/c1-6-3-8(16-5-6)7-4-12-10(13)9(7)11(14)15-2/h3,5,7,9H,4H2,1-2H3,(H,12,13)/t7-,9+/m1/s1. The topological polar surface area (TPSA) is 55.4 Å². The maximum Gasteiger partial charge on any atom is 0.318 e. The number of hydrogen-bond donors (Lipinski definition) is 1. The van der Waals surface area contributed by atoms with Crippen LogP contribution in [0.1, 0.15) is 16.4 Å². The highest BCUT2D eigenvalue weighted by Gasteiger charge is 2.42. The second kappa shape index (κ2) is 4.25. The van der Waals surface area contributed by atoms with E-state index in [2.05, 4.69) is 10.1 Å². The molecule has 0 bridgehead atoms. The van der Waals surface area contributed by atoms with Crippen LogP contribution in [0.2, 0.25) is 0 Å². The molecule has 1 aliphatic heterocycles. The Bertz CT molecular complexity index is 427. The van der Waals surface area contributed by atoms with Gasteiger partial charge in [0.15, 0.2) is 0 Å². The zero-order valence-corrected chi connectivity index (χ0v) is 9.97. The molecule has 2 heterocycles. The van der Waals surface area contributed by atoms with Crippen molar-refractivity contribution in [3.8, 4) is 0 Å². The molecule has 1 aromatic rings. The first kappa shape index (κ1) is 11.1. The quantitative estimate of drug-likeness (QED) is 0.620. The number of hydrogen-bond acceptors (Lipinski definition) is 4. The van der Waals surface area contributed by atoms with E-state index in [1.165, 1.54) is 7.11 Å². The van der Waals surface area contributed by atoms with Gasteiger partial charge in [-0.3, -0.25) is 9.59 Å². The zero-order valence-electron chi connectivity index (χ0n) is 9.15. The molecular formula is C11H13NO3S. The molecular weight excluding hydrogens is 226 g/mol. The number of thiophene rings is 1. The van der Waals surface area contributed by atoms with Crippen molar-refractivity contribution in [1.29, 1.82) is 0 Å². The molecule has 0 aromatic carbocycles. The number of ether oxygens (including phenoxy) is 1. The smallest absolute Gasteiger partial charge is 0.318 e. The molecule has 5 heteroatoms.